The molecule has 0 unspecified atom stereocenters. The monoisotopic (exact) mass is 228 g/mol. The molecule has 2 N–H and O–H groups in total. The minimum absolute atomic E-state index is 0.155. The van der Waals surface area contributed by atoms with Crippen LogP contribution in [-0.4, -0.2) is 10.6 Å². The molecular weight excluding hydrogens is 221 g/mol. The minimum Gasteiger partial charge on any atom is -0.351 e. The molecule has 6 heteroatoms. The highest BCUT2D eigenvalue weighted by Gasteiger charge is 2.30. The van der Waals surface area contributed by atoms with E-state index in [0.717, 1.165) is 16.7 Å². The van der Waals surface area contributed by atoms with Crippen LogP contribution < -0.4 is 5.73 Å². The van der Waals surface area contributed by atoms with E-state index in [4.69, 9.17) is 5.73 Å². The quantitative estimate of drug-likeness (QED) is 0.740. The van der Waals surface area contributed by atoms with Gasteiger partial charge in [0.25, 0.3) is 0 Å². The lowest BCUT2D eigenvalue weighted by Gasteiger charge is -2.07. The van der Waals surface area contributed by atoms with E-state index in [0.29, 0.717) is 5.39 Å². The first kappa shape index (κ1) is 10.5. The summed E-state index contributed by atoms with van der Waals surface area (Å²) in [7, 11) is 0. The third kappa shape index (κ3) is 1.62. The van der Waals surface area contributed by atoms with Crippen LogP contribution in [-0.2, 0) is 6.18 Å². The number of benzene rings is 1. The molecule has 3 nitrogen and oxygen atoms in total. The maximum absolute atomic E-state index is 12.4. The molecule has 0 atom stereocenters. The summed E-state index contributed by atoms with van der Waals surface area (Å²) < 4.78 is 38.3. The predicted molar refractivity (Wildman–Crippen MR) is 51.9 cm³/mol. The van der Waals surface area contributed by atoms with Gasteiger partial charge in [-0.3, -0.25) is 4.57 Å². The van der Waals surface area contributed by atoms with Gasteiger partial charge in [0.05, 0.1) is 11.1 Å². The zero-order valence-electron chi connectivity index (χ0n) is 7.95. The van der Waals surface area contributed by atoms with E-state index in [9.17, 15) is 18.0 Å². The van der Waals surface area contributed by atoms with Gasteiger partial charge >= 0.3 is 12.2 Å². The summed E-state index contributed by atoms with van der Waals surface area (Å²) >= 11 is 0. The van der Waals surface area contributed by atoms with E-state index in [1.807, 2.05) is 0 Å². The van der Waals surface area contributed by atoms with Crippen molar-refractivity contribution < 1.29 is 18.0 Å². The predicted octanol–water partition coefficient (Wildman–Crippen LogP) is 2.59. The van der Waals surface area contributed by atoms with Gasteiger partial charge in [-0.1, -0.05) is 6.07 Å². The molecule has 0 aliphatic heterocycles. The van der Waals surface area contributed by atoms with Crippen molar-refractivity contribution in [3.8, 4) is 0 Å². The topological polar surface area (TPSA) is 48.0 Å². The second-order valence-corrected chi connectivity index (χ2v) is 3.30. The standard InChI is InChI=1S/C10H7F3N2O/c11-10(12,13)7-2-1-6-3-4-15(9(14)16)8(6)5-7/h1-5H,(H2,14,16). The fraction of sp³-hybridized carbons (Fsp3) is 0.100. The van der Waals surface area contributed by atoms with Crippen molar-refractivity contribution in [1.29, 1.82) is 0 Å². The Hall–Kier alpha value is -1.98. The van der Waals surface area contributed by atoms with Crippen LogP contribution in [0.15, 0.2) is 30.5 Å². The summed E-state index contributed by atoms with van der Waals surface area (Å²) in [6, 6.07) is 3.89. The summed E-state index contributed by atoms with van der Waals surface area (Å²) in [6.45, 7) is 0. The number of aromatic nitrogens is 1. The molecule has 84 valence electrons. The number of carbonyl (C=O) groups is 1. The Morgan fingerprint density at radius 1 is 1.25 bits per heavy atom. The highest BCUT2D eigenvalue weighted by molar-refractivity contribution is 5.91. The van der Waals surface area contributed by atoms with Gasteiger partial charge in [-0.05, 0) is 18.2 Å². The first-order chi connectivity index (χ1) is 7.39. The number of nitrogens with two attached hydrogens (primary N) is 1. The van der Waals surface area contributed by atoms with Crippen molar-refractivity contribution in [2.75, 3.05) is 0 Å². The molecule has 0 bridgehead atoms. The Labute approximate surface area is 88.3 Å². The summed E-state index contributed by atoms with van der Waals surface area (Å²) in [5, 5.41) is 0.534. The van der Waals surface area contributed by atoms with Crippen LogP contribution in [0.2, 0.25) is 0 Å². The van der Waals surface area contributed by atoms with Crippen molar-refractivity contribution >= 4 is 16.9 Å². The third-order valence-electron chi connectivity index (χ3n) is 2.26. The molecule has 0 fully saturated rings. The number of alkyl halides is 3. The number of amides is 1. The number of hydrogen-bond acceptors (Lipinski definition) is 1. The van der Waals surface area contributed by atoms with Crippen molar-refractivity contribution in [2.45, 2.75) is 6.18 Å². The van der Waals surface area contributed by atoms with Gasteiger partial charge in [-0.2, -0.15) is 13.2 Å². The van der Waals surface area contributed by atoms with Crippen LogP contribution in [0.5, 0.6) is 0 Å². The third-order valence-corrected chi connectivity index (χ3v) is 2.26. The van der Waals surface area contributed by atoms with Crippen molar-refractivity contribution in [3.05, 3.63) is 36.0 Å². The zero-order chi connectivity index (χ0) is 11.9. The average molecular weight is 228 g/mol. The molecule has 0 saturated carbocycles. The van der Waals surface area contributed by atoms with Gasteiger partial charge in [0, 0.05) is 11.6 Å². The molecule has 1 amide bonds. The van der Waals surface area contributed by atoms with Crippen molar-refractivity contribution in [1.82, 2.24) is 4.57 Å². The van der Waals surface area contributed by atoms with Crippen LogP contribution in [0.1, 0.15) is 5.56 Å². The first-order valence-electron chi connectivity index (χ1n) is 4.38. The molecule has 0 spiro atoms. The largest absolute Gasteiger partial charge is 0.416 e. The average Bonchev–Trinajstić information content (AvgIpc) is 2.58. The van der Waals surface area contributed by atoms with Crippen LogP contribution in [0, 0.1) is 0 Å². The van der Waals surface area contributed by atoms with Crippen LogP contribution in [0.25, 0.3) is 10.9 Å². The Morgan fingerprint density at radius 3 is 2.50 bits per heavy atom. The van der Waals surface area contributed by atoms with Crippen LogP contribution in [0.3, 0.4) is 0 Å². The van der Waals surface area contributed by atoms with Gasteiger partial charge < -0.3 is 5.73 Å². The molecule has 1 aromatic carbocycles. The smallest absolute Gasteiger partial charge is 0.351 e. The molecule has 16 heavy (non-hydrogen) atoms. The maximum Gasteiger partial charge on any atom is 0.416 e. The molecule has 0 aliphatic carbocycles. The second-order valence-electron chi connectivity index (χ2n) is 3.30. The normalized spacial score (nSPS) is 11.9. The van der Waals surface area contributed by atoms with Gasteiger partial charge in [0.15, 0.2) is 0 Å². The molecule has 2 rings (SSSR count). The van der Waals surface area contributed by atoms with Crippen molar-refractivity contribution in [3.63, 3.8) is 0 Å². The fourth-order valence-corrected chi connectivity index (χ4v) is 1.50. The summed E-state index contributed by atoms with van der Waals surface area (Å²) in [5.74, 6) is 0. The number of rotatable bonds is 0. The number of nitrogens with zero attached hydrogens (tertiary/aromatic N) is 1. The number of hydrogen-bond donors (Lipinski definition) is 1. The SMILES string of the molecule is NC(=O)n1ccc2ccc(C(F)(F)F)cc21. The number of carbonyl (C=O) groups excluding carboxylic acids is 1. The molecular formula is C10H7F3N2O. The number of halogens is 3. The molecule has 1 aromatic heterocycles. The first-order valence-corrected chi connectivity index (χ1v) is 4.38. The van der Waals surface area contributed by atoms with E-state index in [2.05, 4.69) is 0 Å². The fourth-order valence-electron chi connectivity index (χ4n) is 1.50. The van der Waals surface area contributed by atoms with Gasteiger partial charge in [0.2, 0.25) is 0 Å². The highest BCUT2D eigenvalue weighted by atomic mass is 19.4. The zero-order valence-corrected chi connectivity index (χ0v) is 7.95. The number of primary amides is 1. The Morgan fingerprint density at radius 2 is 1.94 bits per heavy atom. The minimum atomic E-state index is -4.43. The van der Waals surface area contributed by atoms with Crippen LogP contribution >= 0.6 is 0 Å². The van der Waals surface area contributed by atoms with Gasteiger partial charge in [-0.15, -0.1) is 0 Å². The molecule has 0 radical (unpaired) electrons. The maximum atomic E-state index is 12.4. The molecule has 2 aromatic rings. The van der Waals surface area contributed by atoms with Gasteiger partial charge in [-0.25, -0.2) is 4.79 Å². The van der Waals surface area contributed by atoms with E-state index in [-0.39, 0.29) is 5.52 Å². The molecule has 0 saturated heterocycles. The van der Waals surface area contributed by atoms with Gasteiger partial charge in [0.1, 0.15) is 0 Å². The lowest BCUT2D eigenvalue weighted by molar-refractivity contribution is -0.137. The second kappa shape index (κ2) is 3.26. The molecule has 0 aliphatic rings. The number of fused-ring (bicyclic) bond motifs is 1. The van der Waals surface area contributed by atoms with Crippen LogP contribution in [0.4, 0.5) is 18.0 Å². The lowest BCUT2D eigenvalue weighted by atomic mass is 10.1. The van der Waals surface area contributed by atoms with E-state index >= 15 is 0 Å². The summed E-state index contributed by atoms with van der Waals surface area (Å²) in [5.41, 5.74) is 4.38. The van der Waals surface area contributed by atoms with Crippen molar-refractivity contribution in [2.24, 2.45) is 5.73 Å². The Bertz CT molecular complexity index is 557. The lowest BCUT2D eigenvalue weighted by Crippen LogP contribution is -2.18. The summed E-state index contributed by atoms with van der Waals surface area (Å²) in [4.78, 5) is 10.9. The van der Waals surface area contributed by atoms with E-state index in [1.54, 1.807) is 0 Å². The highest BCUT2D eigenvalue weighted by Crippen LogP contribution is 2.31. The van der Waals surface area contributed by atoms with E-state index in [1.165, 1.54) is 18.3 Å². The van der Waals surface area contributed by atoms with E-state index < -0.39 is 17.8 Å². The Kier molecular flexibility index (Phi) is 2.15. The molecule has 1 heterocycles. The summed E-state index contributed by atoms with van der Waals surface area (Å²) in [6.07, 6.45) is -3.09. The Balaban J connectivity index is 2.68.